The molecule has 0 aromatic heterocycles. The van der Waals surface area contributed by atoms with Crippen LogP contribution in [0.3, 0.4) is 0 Å². The van der Waals surface area contributed by atoms with Gasteiger partial charge in [-0.1, -0.05) is 6.92 Å². The van der Waals surface area contributed by atoms with Gasteiger partial charge in [0.2, 0.25) is 0 Å². The maximum absolute atomic E-state index is 11.1. The predicted molar refractivity (Wildman–Crippen MR) is 40.7 cm³/mol. The van der Waals surface area contributed by atoms with Crippen molar-refractivity contribution in [3.8, 4) is 0 Å². The minimum atomic E-state index is -0.686. The average Bonchev–Trinajstić information content (AvgIpc) is 2.52. The molecule has 2 N–H and O–H groups in total. The third kappa shape index (κ3) is 1.26. The quantitative estimate of drug-likeness (QED) is 0.452. The standard InChI is InChI=1S/C7H12N2O2/c1-2-7(6(10)9-11)4-3-5-8-7/h5,11H,2-4H2,1H3,(H,9,10). The minimum Gasteiger partial charge on any atom is -0.289 e. The van der Waals surface area contributed by atoms with Crippen molar-refractivity contribution in [1.29, 1.82) is 0 Å². The van der Waals surface area contributed by atoms with Crippen LogP contribution in [0.4, 0.5) is 0 Å². The summed E-state index contributed by atoms with van der Waals surface area (Å²) in [5.74, 6) is -0.395. The molecule has 0 saturated carbocycles. The molecule has 0 spiro atoms. The maximum Gasteiger partial charge on any atom is 0.271 e. The molecule has 0 bridgehead atoms. The number of aliphatic imine (C=N–C) groups is 1. The molecular formula is C7H12N2O2. The Kier molecular flexibility index (Phi) is 2.24. The molecule has 0 fully saturated rings. The van der Waals surface area contributed by atoms with Crippen molar-refractivity contribution >= 4 is 12.1 Å². The first-order valence-electron chi connectivity index (χ1n) is 3.73. The van der Waals surface area contributed by atoms with Gasteiger partial charge in [-0.05, 0) is 19.3 Å². The first-order chi connectivity index (χ1) is 5.25. The van der Waals surface area contributed by atoms with Gasteiger partial charge >= 0.3 is 0 Å². The number of rotatable bonds is 2. The largest absolute Gasteiger partial charge is 0.289 e. The van der Waals surface area contributed by atoms with Crippen LogP contribution in [-0.4, -0.2) is 22.9 Å². The van der Waals surface area contributed by atoms with Gasteiger partial charge in [-0.25, -0.2) is 5.48 Å². The number of carbonyl (C=O) groups is 1. The molecule has 4 nitrogen and oxygen atoms in total. The molecule has 1 rings (SSSR count). The van der Waals surface area contributed by atoms with E-state index in [1.165, 1.54) is 0 Å². The highest BCUT2D eigenvalue weighted by atomic mass is 16.5. The fourth-order valence-electron chi connectivity index (χ4n) is 1.31. The Morgan fingerprint density at radius 2 is 2.64 bits per heavy atom. The summed E-state index contributed by atoms with van der Waals surface area (Å²) in [6.45, 7) is 1.89. The monoisotopic (exact) mass is 156 g/mol. The number of hydroxylamine groups is 1. The Morgan fingerprint density at radius 3 is 3.00 bits per heavy atom. The van der Waals surface area contributed by atoms with Crippen molar-refractivity contribution in [3.63, 3.8) is 0 Å². The molecule has 1 aliphatic rings. The van der Waals surface area contributed by atoms with Crippen molar-refractivity contribution in [2.45, 2.75) is 31.7 Å². The number of hydrogen-bond acceptors (Lipinski definition) is 3. The third-order valence-corrected chi connectivity index (χ3v) is 2.13. The van der Waals surface area contributed by atoms with E-state index in [0.29, 0.717) is 12.8 Å². The van der Waals surface area contributed by atoms with Crippen molar-refractivity contribution in [2.75, 3.05) is 0 Å². The maximum atomic E-state index is 11.1. The molecule has 1 amide bonds. The van der Waals surface area contributed by atoms with E-state index >= 15 is 0 Å². The molecular weight excluding hydrogens is 144 g/mol. The first kappa shape index (κ1) is 8.20. The van der Waals surface area contributed by atoms with Crippen LogP contribution in [0.15, 0.2) is 4.99 Å². The summed E-state index contributed by atoms with van der Waals surface area (Å²) < 4.78 is 0. The Labute approximate surface area is 65.3 Å². The fraction of sp³-hybridized carbons (Fsp3) is 0.714. The lowest BCUT2D eigenvalue weighted by Gasteiger charge is -2.20. The second-order valence-electron chi connectivity index (χ2n) is 2.68. The molecule has 0 aromatic rings. The lowest BCUT2D eigenvalue weighted by molar-refractivity contribution is -0.134. The first-order valence-corrected chi connectivity index (χ1v) is 3.73. The van der Waals surface area contributed by atoms with Gasteiger partial charge in [0.15, 0.2) is 0 Å². The second kappa shape index (κ2) is 3.00. The van der Waals surface area contributed by atoms with Gasteiger partial charge in [-0.3, -0.25) is 15.0 Å². The SMILES string of the molecule is CCC1(C(=O)NO)CCC=N1. The summed E-state index contributed by atoms with van der Waals surface area (Å²) in [4.78, 5) is 15.2. The molecule has 62 valence electrons. The van der Waals surface area contributed by atoms with E-state index in [2.05, 4.69) is 4.99 Å². The Bertz CT molecular complexity index is 191. The summed E-state index contributed by atoms with van der Waals surface area (Å²) in [5.41, 5.74) is 0.960. The molecule has 0 radical (unpaired) electrons. The lowest BCUT2D eigenvalue weighted by Crippen LogP contribution is -2.42. The van der Waals surface area contributed by atoms with Crippen molar-refractivity contribution < 1.29 is 10.0 Å². The number of carbonyl (C=O) groups excluding carboxylic acids is 1. The second-order valence-corrected chi connectivity index (χ2v) is 2.68. The van der Waals surface area contributed by atoms with Crippen LogP contribution in [0.1, 0.15) is 26.2 Å². The zero-order valence-corrected chi connectivity index (χ0v) is 6.50. The van der Waals surface area contributed by atoms with Gasteiger partial charge in [-0.15, -0.1) is 0 Å². The summed E-state index contributed by atoms with van der Waals surface area (Å²) in [5, 5.41) is 8.42. The topological polar surface area (TPSA) is 61.7 Å². The summed E-state index contributed by atoms with van der Waals surface area (Å²) in [6.07, 6.45) is 3.89. The highest BCUT2D eigenvalue weighted by Gasteiger charge is 2.37. The van der Waals surface area contributed by atoms with Gasteiger partial charge in [-0.2, -0.15) is 0 Å². The molecule has 0 aliphatic carbocycles. The van der Waals surface area contributed by atoms with Crippen LogP contribution in [0, 0.1) is 0 Å². The number of hydrogen-bond donors (Lipinski definition) is 2. The predicted octanol–water partition coefficient (Wildman–Crippen LogP) is 0.505. The van der Waals surface area contributed by atoms with E-state index in [4.69, 9.17) is 5.21 Å². The van der Waals surface area contributed by atoms with E-state index < -0.39 is 11.4 Å². The smallest absolute Gasteiger partial charge is 0.271 e. The van der Waals surface area contributed by atoms with E-state index in [0.717, 1.165) is 6.42 Å². The van der Waals surface area contributed by atoms with Crippen LogP contribution in [0.5, 0.6) is 0 Å². The van der Waals surface area contributed by atoms with E-state index in [1.54, 1.807) is 11.7 Å². The fourth-order valence-corrected chi connectivity index (χ4v) is 1.31. The van der Waals surface area contributed by atoms with Crippen LogP contribution in [0.2, 0.25) is 0 Å². The minimum absolute atomic E-state index is 0.395. The molecule has 4 heteroatoms. The molecule has 1 aliphatic heterocycles. The van der Waals surface area contributed by atoms with Crippen LogP contribution in [-0.2, 0) is 4.79 Å². The zero-order chi connectivity index (χ0) is 8.32. The number of nitrogens with one attached hydrogen (secondary N) is 1. The highest BCUT2D eigenvalue weighted by Crippen LogP contribution is 2.26. The Morgan fingerprint density at radius 1 is 1.91 bits per heavy atom. The van der Waals surface area contributed by atoms with Gasteiger partial charge in [0, 0.05) is 6.21 Å². The van der Waals surface area contributed by atoms with Gasteiger partial charge in [0.25, 0.3) is 5.91 Å². The van der Waals surface area contributed by atoms with E-state index in [9.17, 15) is 4.79 Å². The zero-order valence-electron chi connectivity index (χ0n) is 6.50. The number of nitrogens with zero attached hydrogens (tertiary/aromatic N) is 1. The van der Waals surface area contributed by atoms with Gasteiger partial charge in [0.1, 0.15) is 5.54 Å². The molecule has 1 heterocycles. The van der Waals surface area contributed by atoms with E-state index in [1.807, 2.05) is 6.92 Å². The summed E-state index contributed by atoms with van der Waals surface area (Å²) >= 11 is 0. The lowest BCUT2D eigenvalue weighted by atomic mass is 9.93. The van der Waals surface area contributed by atoms with Gasteiger partial charge in [0.05, 0.1) is 0 Å². The van der Waals surface area contributed by atoms with Crippen LogP contribution >= 0.6 is 0 Å². The molecule has 1 atom stereocenters. The molecule has 1 unspecified atom stereocenters. The Balaban J connectivity index is 2.75. The molecule has 0 aromatic carbocycles. The van der Waals surface area contributed by atoms with Crippen molar-refractivity contribution in [2.24, 2.45) is 4.99 Å². The molecule has 0 saturated heterocycles. The van der Waals surface area contributed by atoms with Gasteiger partial charge < -0.3 is 0 Å². The van der Waals surface area contributed by atoms with E-state index in [-0.39, 0.29) is 0 Å². The summed E-state index contributed by atoms with van der Waals surface area (Å²) in [6, 6.07) is 0. The normalized spacial score (nSPS) is 28.9. The van der Waals surface area contributed by atoms with Crippen LogP contribution < -0.4 is 5.48 Å². The molecule has 11 heavy (non-hydrogen) atoms. The third-order valence-electron chi connectivity index (χ3n) is 2.13. The average molecular weight is 156 g/mol. The van der Waals surface area contributed by atoms with Crippen molar-refractivity contribution in [3.05, 3.63) is 0 Å². The number of amides is 1. The highest BCUT2D eigenvalue weighted by molar-refractivity contribution is 5.88. The van der Waals surface area contributed by atoms with Crippen LogP contribution in [0.25, 0.3) is 0 Å². The summed E-state index contributed by atoms with van der Waals surface area (Å²) in [7, 11) is 0. The van der Waals surface area contributed by atoms with Crippen molar-refractivity contribution in [1.82, 2.24) is 5.48 Å². The Hall–Kier alpha value is -0.900.